The minimum atomic E-state index is -1.53. The Hall–Kier alpha value is -0.483. The van der Waals surface area contributed by atoms with Gasteiger partial charge in [-0.2, -0.15) is 0 Å². The molecule has 0 aromatic rings. The van der Waals surface area contributed by atoms with E-state index in [1.54, 1.807) is 0 Å². The van der Waals surface area contributed by atoms with Crippen molar-refractivity contribution in [1.82, 2.24) is 0 Å². The molecular formula is C37H72N2OSi. The lowest BCUT2D eigenvalue weighted by Crippen LogP contribution is -2.41. The van der Waals surface area contributed by atoms with E-state index in [2.05, 4.69) is 110 Å². The standard InChI is InChI=1S/C37H72N2OSi/c1-26(38-32-24-27(34(2,3)4)19-21-29(32)36(8,9)10)31(18-17-23-40-41(14,15)16)39-33-25-28(35(5,6)7)20-22-30(33)37(11,12)13/h27-30,32-33H,17-25H2,1-16H3. The molecule has 0 bridgehead atoms. The highest BCUT2D eigenvalue weighted by molar-refractivity contribution is 6.69. The van der Waals surface area contributed by atoms with Crippen LogP contribution in [0, 0.1) is 45.3 Å². The van der Waals surface area contributed by atoms with Gasteiger partial charge in [0.25, 0.3) is 0 Å². The largest absolute Gasteiger partial charge is 0.418 e. The lowest BCUT2D eigenvalue weighted by molar-refractivity contribution is 0.0775. The van der Waals surface area contributed by atoms with Crippen molar-refractivity contribution in [1.29, 1.82) is 0 Å². The first kappa shape index (κ1) is 36.7. The zero-order valence-electron chi connectivity index (χ0n) is 30.6. The van der Waals surface area contributed by atoms with Crippen LogP contribution in [-0.2, 0) is 4.43 Å². The highest BCUT2D eigenvalue weighted by atomic mass is 28.4. The van der Waals surface area contributed by atoms with Crippen LogP contribution in [0.2, 0.25) is 19.6 Å². The van der Waals surface area contributed by atoms with Crippen LogP contribution in [0.25, 0.3) is 0 Å². The van der Waals surface area contributed by atoms with Gasteiger partial charge in [-0.1, -0.05) is 83.1 Å². The first-order chi connectivity index (χ1) is 18.4. The van der Waals surface area contributed by atoms with E-state index in [0.717, 1.165) is 31.3 Å². The van der Waals surface area contributed by atoms with Gasteiger partial charge in [0.15, 0.2) is 8.32 Å². The Kier molecular flexibility index (Phi) is 12.2. The van der Waals surface area contributed by atoms with E-state index in [4.69, 9.17) is 14.4 Å². The summed E-state index contributed by atoms with van der Waals surface area (Å²) in [5, 5.41) is 0. The molecule has 2 saturated carbocycles. The monoisotopic (exact) mass is 589 g/mol. The molecule has 0 aliphatic heterocycles. The van der Waals surface area contributed by atoms with Crippen molar-refractivity contribution in [2.75, 3.05) is 6.61 Å². The molecule has 41 heavy (non-hydrogen) atoms. The van der Waals surface area contributed by atoms with Crippen molar-refractivity contribution in [3.8, 4) is 0 Å². The molecule has 4 heteroatoms. The maximum Gasteiger partial charge on any atom is 0.183 e. The molecule has 0 saturated heterocycles. The van der Waals surface area contributed by atoms with Crippen molar-refractivity contribution in [3.63, 3.8) is 0 Å². The number of rotatable bonds is 8. The third-order valence-electron chi connectivity index (χ3n) is 10.5. The Labute approximate surface area is 258 Å². The fraction of sp³-hybridized carbons (Fsp3) is 0.946. The van der Waals surface area contributed by atoms with Crippen LogP contribution >= 0.6 is 0 Å². The predicted octanol–water partition coefficient (Wildman–Crippen LogP) is 11.3. The second kappa shape index (κ2) is 13.7. The van der Waals surface area contributed by atoms with Gasteiger partial charge in [0, 0.05) is 6.61 Å². The minimum Gasteiger partial charge on any atom is -0.418 e. The molecular weight excluding hydrogens is 517 g/mol. The van der Waals surface area contributed by atoms with Gasteiger partial charge in [0.1, 0.15) is 0 Å². The zero-order valence-corrected chi connectivity index (χ0v) is 31.6. The summed E-state index contributed by atoms with van der Waals surface area (Å²) in [4.78, 5) is 11.4. The molecule has 0 spiro atoms. The fourth-order valence-corrected chi connectivity index (χ4v) is 8.41. The summed E-state index contributed by atoms with van der Waals surface area (Å²) in [6, 6.07) is 0.752. The number of nitrogens with zero attached hydrogens (tertiary/aromatic N) is 2. The van der Waals surface area contributed by atoms with Crippen molar-refractivity contribution >= 4 is 19.7 Å². The van der Waals surface area contributed by atoms with Crippen molar-refractivity contribution < 1.29 is 4.43 Å². The summed E-state index contributed by atoms with van der Waals surface area (Å²) in [6.45, 7) is 39.1. The van der Waals surface area contributed by atoms with Gasteiger partial charge < -0.3 is 4.43 Å². The summed E-state index contributed by atoms with van der Waals surface area (Å²) >= 11 is 0. The molecule has 6 unspecified atom stereocenters. The van der Waals surface area contributed by atoms with Crippen LogP contribution in [0.4, 0.5) is 0 Å². The smallest absolute Gasteiger partial charge is 0.183 e. The van der Waals surface area contributed by atoms with E-state index in [9.17, 15) is 0 Å². The molecule has 0 radical (unpaired) electrons. The maximum atomic E-state index is 6.29. The van der Waals surface area contributed by atoms with E-state index in [-0.39, 0.29) is 10.8 Å². The quantitative estimate of drug-likeness (QED) is 0.158. The SMILES string of the molecule is CC(=NC1CC(C(C)(C)C)CCC1C(C)(C)C)C(CCCO[Si](C)(C)C)=NC1CC(C(C)(C)C)CCC1C(C)(C)C. The highest BCUT2D eigenvalue weighted by Crippen LogP contribution is 2.48. The first-order valence-electron chi connectivity index (χ1n) is 17.1. The van der Waals surface area contributed by atoms with Crippen molar-refractivity contribution in [3.05, 3.63) is 0 Å². The lowest BCUT2D eigenvalue weighted by Gasteiger charge is -2.46. The lowest BCUT2D eigenvalue weighted by atomic mass is 9.62. The van der Waals surface area contributed by atoms with E-state index in [0.29, 0.717) is 34.7 Å². The summed E-state index contributed by atoms with van der Waals surface area (Å²) in [7, 11) is -1.53. The maximum absolute atomic E-state index is 6.29. The average molecular weight is 589 g/mol. The average Bonchev–Trinajstić information content (AvgIpc) is 2.77. The molecule has 0 amide bonds. The second-order valence-electron chi connectivity index (χ2n) is 19.2. The zero-order chi connectivity index (χ0) is 31.6. The number of hydrogen-bond donors (Lipinski definition) is 0. The number of hydrogen-bond acceptors (Lipinski definition) is 3. The van der Waals surface area contributed by atoms with Crippen LogP contribution < -0.4 is 0 Å². The van der Waals surface area contributed by atoms with Gasteiger partial charge in [-0.05, 0) is 123 Å². The summed E-state index contributed by atoms with van der Waals surface area (Å²) in [6.07, 6.45) is 9.63. The summed E-state index contributed by atoms with van der Waals surface area (Å²) < 4.78 is 6.29. The van der Waals surface area contributed by atoms with Crippen LogP contribution in [0.5, 0.6) is 0 Å². The Morgan fingerprint density at radius 1 is 0.634 bits per heavy atom. The fourth-order valence-electron chi connectivity index (χ4n) is 7.65. The van der Waals surface area contributed by atoms with Crippen molar-refractivity contribution in [2.24, 2.45) is 55.3 Å². The molecule has 0 aromatic carbocycles. The van der Waals surface area contributed by atoms with Crippen LogP contribution in [0.1, 0.15) is 141 Å². The molecule has 0 heterocycles. The van der Waals surface area contributed by atoms with Crippen LogP contribution in [0.15, 0.2) is 9.98 Å². The molecule has 2 aliphatic rings. The van der Waals surface area contributed by atoms with Crippen LogP contribution in [0.3, 0.4) is 0 Å². The van der Waals surface area contributed by atoms with Gasteiger partial charge in [-0.25, -0.2) is 0 Å². The Balaban J connectivity index is 2.51. The molecule has 240 valence electrons. The first-order valence-corrected chi connectivity index (χ1v) is 20.6. The van der Waals surface area contributed by atoms with Crippen molar-refractivity contribution in [2.45, 2.75) is 173 Å². The third kappa shape index (κ3) is 11.5. The summed E-state index contributed by atoms with van der Waals surface area (Å²) in [5.74, 6) is 2.68. The van der Waals surface area contributed by atoms with Gasteiger partial charge in [-0.15, -0.1) is 0 Å². The van der Waals surface area contributed by atoms with E-state index in [1.165, 1.54) is 49.9 Å². The normalized spacial score (nSPS) is 30.0. The topological polar surface area (TPSA) is 34.0 Å². The van der Waals surface area contributed by atoms with Gasteiger partial charge >= 0.3 is 0 Å². The number of aliphatic imine (C=N–C) groups is 2. The summed E-state index contributed by atoms with van der Waals surface area (Å²) in [5.41, 5.74) is 3.66. The van der Waals surface area contributed by atoms with E-state index >= 15 is 0 Å². The molecule has 3 nitrogen and oxygen atoms in total. The predicted molar refractivity (Wildman–Crippen MR) is 186 cm³/mol. The minimum absolute atomic E-state index is 0.259. The van der Waals surface area contributed by atoms with Gasteiger partial charge in [-0.3, -0.25) is 9.98 Å². The van der Waals surface area contributed by atoms with E-state index in [1.807, 2.05) is 0 Å². The van der Waals surface area contributed by atoms with Gasteiger partial charge in [0.2, 0.25) is 0 Å². The van der Waals surface area contributed by atoms with Crippen LogP contribution in [-0.4, -0.2) is 38.4 Å². The molecule has 2 aliphatic carbocycles. The highest BCUT2D eigenvalue weighted by Gasteiger charge is 2.42. The Bertz CT molecular complexity index is 884. The molecule has 2 fully saturated rings. The Morgan fingerprint density at radius 3 is 1.41 bits per heavy atom. The molecule has 2 rings (SSSR count). The van der Waals surface area contributed by atoms with Gasteiger partial charge in [0.05, 0.1) is 23.5 Å². The molecule has 6 atom stereocenters. The Morgan fingerprint density at radius 2 is 1.05 bits per heavy atom. The second-order valence-corrected chi connectivity index (χ2v) is 23.7. The molecule has 0 aromatic heterocycles. The third-order valence-corrected chi connectivity index (χ3v) is 11.6. The van der Waals surface area contributed by atoms with E-state index < -0.39 is 8.32 Å². The molecule has 0 N–H and O–H groups in total.